The highest BCUT2D eigenvalue weighted by molar-refractivity contribution is 6.05. The molecule has 4 rings (SSSR count). The van der Waals surface area contributed by atoms with Crippen LogP contribution in [-0.2, 0) is 9.53 Å². The molecule has 1 heterocycles. The van der Waals surface area contributed by atoms with E-state index < -0.39 is 0 Å². The Morgan fingerprint density at radius 2 is 1.78 bits per heavy atom. The Balaban J connectivity index is 1.41. The molecule has 0 aromatic heterocycles. The van der Waals surface area contributed by atoms with E-state index in [1.165, 1.54) is 7.11 Å². The first kappa shape index (κ1) is 25.4. The average molecular weight is 490 g/mol. The second-order valence-electron chi connectivity index (χ2n) is 8.57. The van der Waals surface area contributed by atoms with Gasteiger partial charge < -0.3 is 25.2 Å². The third-order valence-electron chi connectivity index (χ3n) is 6.14. The number of benzene rings is 3. The number of ether oxygens (including phenoxy) is 2. The van der Waals surface area contributed by atoms with Crippen molar-refractivity contribution in [3.63, 3.8) is 0 Å². The molecule has 8 heteroatoms. The number of aliphatic hydroxyl groups is 1. The minimum absolute atomic E-state index is 0.00435. The molecule has 0 saturated carbocycles. The van der Waals surface area contributed by atoms with Crippen molar-refractivity contribution in [1.82, 2.24) is 4.90 Å². The van der Waals surface area contributed by atoms with Gasteiger partial charge in [-0.2, -0.15) is 0 Å². The summed E-state index contributed by atoms with van der Waals surface area (Å²) in [7, 11) is 1.52. The minimum Gasteiger partial charge on any atom is -0.495 e. The van der Waals surface area contributed by atoms with Crippen LogP contribution in [0.15, 0.2) is 72.8 Å². The van der Waals surface area contributed by atoms with Gasteiger partial charge in [0.05, 0.1) is 32.6 Å². The van der Waals surface area contributed by atoms with E-state index in [4.69, 9.17) is 9.47 Å². The van der Waals surface area contributed by atoms with Crippen LogP contribution in [0.5, 0.6) is 5.75 Å². The molecular formula is C28H31N3O5. The average Bonchev–Trinajstić information content (AvgIpc) is 2.91. The largest absolute Gasteiger partial charge is 0.495 e. The molecule has 1 saturated heterocycles. The zero-order chi connectivity index (χ0) is 25.3. The van der Waals surface area contributed by atoms with Crippen LogP contribution in [-0.4, -0.2) is 67.9 Å². The number of nitrogens with zero attached hydrogens (tertiary/aromatic N) is 1. The molecule has 1 aliphatic heterocycles. The summed E-state index contributed by atoms with van der Waals surface area (Å²) >= 11 is 0. The smallest absolute Gasteiger partial charge is 0.255 e. The van der Waals surface area contributed by atoms with Crippen LogP contribution in [0, 0.1) is 0 Å². The molecule has 2 amide bonds. The van der Waals surface area contributed by atoms with Crippen molar-refractivity contribution in [1.29, 1.82) is 0 Å². The fourth-order valence-electron chi connectivity index (χ4n) is 4.22. The van der Waals surface area contributed by atoms with Crippen LogP contribution < -0.4 is 15.4 Å². The van der Waals surface area contributed by atoms with Gasteiger partial charge in [0.2, 0.25) is 5.91 Å². The van der Waals surface area contributed by atoms with Crippen LogP contribution in [0.2, 0.25) is 0 Å². The van der Waals surface area contributed by atoms with E-state index in [2.05, 4.69) is 10.6 Å². The number of nitrogens with one attached hydrogen (secondary N) is 2. The number of anilines is 2. The number of amides is 2. The fourth-order valence-corrected chi connectivity index (χ4v) is 4.22. The lowest BCUT2D eigenvalue weighted by molar-refractivity contribution is -0.119. The molecule has 1 atom stereocenters. The first-order valence-corrected chi connectivity index (χ1v) is 11.9. The summed E-state index contributed by atoms with van der Waals surface area (Å²) in [5.41, 5.74) is 3.64. The molecule has 0 spiro atoms. The van der Waals surface area contributed by atoms with Gasteiger partial charge in [0.25, 0.3) is 5.91 Å². The first-order chi connectivity index (χ1) is 17.6. The maximum absolute atomic E-state index is 12.8. The number of carbonyl (C=O) groups excluding carboxylic acids is 2. The Morgan fingerprint density at radius 1 is 1.03 bits per heavy atom. The zero-order valence-corrected chi connectivity index (χ0v) is 20.3. The Bertz CT molecular complexity index is 1170. The minimum atomic E-state index is -0.253. The Morgan fingerprint density at radius 3 is 2.50 bits per heavy atom. The summed E-state index contributed by atoms with van der Waals surface area (Å²) in [6.45, 7) is 1.87. The van der Waals surface area contributed by atoms with Gasteiger partial charge in [-0.1, -0.05) is 42.5 Å². The molecule has 0 aliphatic carbocycles. The number of aliphatic hydroxyl groups excluding tert-OH is 1. The van der Waals surface area contributed by atoms with Gasteiger partial charge in [0.15, 0.2) is 0 Å². The topological polar surface area (TPSA) is 100 Å². The van der Waals surface area contributed by atoms with Crippen molar-refractivity contribution in [2.24, 2.45) is 0 Å². The molecule has 3 N–H and O–H groups in total. The zero-order valence-electron chi connectivity index (χ0n) is 20.3. The van der Waals surface area contributed by atoms with Crippen molar-refractivity contribution in [3.05, 3.63) is 78.4 Å². The molecule has 8 nitrogen and oxygen atoms in total. The highest BCUT2D eigenvalue weighted by atomic mass is 16.5. The van der Waals surface area contributed by atoms with Gasteiger partial charge in [-0.15, -0.1) is 0 Å². The monoisotopic (exact) mass is 489 g/mol. The van der Waals surface area contributed by atoms with E-state index in [0.29, 0.717) is 48.9 Å². The number of methoxy groups -OCH3 is 1. The number of hydrogen-bond acceptors (Lipinski definition) is 6. The highest BCUT2D eigenvalue weighted by Crippen LogP contribution is 2.28. The second-order valence-corrected chi connectivity index (χ2v) is 8.57. The third kappa shape index (κ3) is 6.48. The van der Waals surface area contributed by atoms with Gasteiger partial charge in [-0.25, -0.2) is 0 Å². The van der Waals surface area contributed by atoms with E-state index in [1.807, 2.05) is 47.4 Å². The van der Waals surface area contributed by atoms with E-state index in [-0.39, 0.29) is 31.0 Å². The van der Waals surface area contributed by atoms with E-state index in [1.54, 1.807) is 30.3 Å². The number of rotatable bonds is 9. The molecule has 0 radical (unpaired) electrons. The molecule has 1 unspecified atom stereocenters. The van der Waals surface area contributed by atoms with E-state index in [0.717, 1.165) is 11.1 Å². The maximum Gasteiger partial charge on any atom is 0.255 e. The maximum atomic E-state index is 12.8. The molecular weight excluding hydrogens is 458 g/mol. The molecule has 36 heavy (non-hydrogen) atoms. The second kappa shape index (κ2) is 12.3. The van der Waals surface area contributed by atoms with Crippen molar-refractivity contribution in [2.75, 3.05) is 50.7 Å². The standard InChI is InChI=1S/C28H31N3O5/c1-35-26-12-11-23(17-25(26)30-27(33)18-31-14-16-36-19-24(31)13-15-32)29-28(34)22-9-7-21(8-10-22)20-5-3-2-4-6-20/h2-12,17,24,32H,13-16,18-19H2,1H3,(H,29,34)(H,30,33). The number of hydrogen-bond donors (Lipinski definition) is 3. The van der Waals surface area contributed by atoms with E-state index in [9.17, 15) is 14.7 Å². The SMILES string of the molecule is COc1ccc(NC(=O)c2ccc(-c3ccccc3)cc2)cc1NC(=O)CN1CCOCC1CCO. The fraction of sp³-hybridized carbons (Fsp3) is 0.286. The van der Waals surface area contributed by atoms with E-state index >= 15 is 0 Å². The Kier molecular flexibility index (Phi) is 8.67. The summed E-state index contributed by atoms with van der Waals surface area (Å²) in [5.74, 6) is 0.0257. The lowest BCUT2D eigenvalue weighted by Crippen LogP contribution is -2.48. The lowest BCUT2D eigenvalue weighted by Gasteiger charge is -2.34. The third-order valence-corrected chi connectivity index (χ3v) is 6.14. The molecule has 188 valence electrons. The Labute approximate surface area is 210 Å². The molecule has 0 bridgehead atoms. The highest BCUT2D eigenvalue weighted by Gasteiger charge is 2.24. The molecule has 3 aromatic carbocycles. The van der Waals surface area contributed by atoms with Gasteiger partial charge in [0, 0.05) is 30.4 Å². The van der Waals surface area contributed by atoms with Crippen molar-refractivity contribution in [2.45, 2.75) is 12.5 Å². The molecule has 3 aromatic rings. The lowest BCUT2D eigenvalue weighted by atomic mass is 10.0. The quantitative estimate of drug-likeness (QED) is 0.424. The number of carbonyl (C=O) groups is 2. The predicted octanol–water partition coefficient (Wildman–Crippen LogP) is 3.64. The number of morpholine rings is 1. The van der Waals surface area contributed by atoms with Crippen LogP contribution in [0.1, 0.15) is 16.8 Å². The van der Waals surface area contributed by atoms with Crippen LogP contribution in [0.3, 0.4) is 0 Å². The van der Waals surface area contributed by atoms with Crippen LogP contribution >= 0.6 is 0 Å². The van der Waals surface area contributed by atoms with Gasteiger partial charge in [-0.3, -0.25) is 14.5 Å². The summed E-state index contributed by atoms with van der Waals surface area (Å²) in [6, 6.07) is 22.5. The van der Waals surface area contributed by atoms with Crippen molar-refractivity contribution < 1.29 is 24.2 Å². The first-order valence-electron chi connectivity index (χ1n) is 11.9. The normalized spacial score (nSPS) is 15.8. The van der Waals surface area contributed by atoms with Crippen molar-refractivity contribution in [3.8, 4) is 16.9 Å². The van der Waals surface area contributed by atoms with Crippen LogP contribution in [0.4, 0.5) is 11.4 Å². The molecule has 1 aliphatic rings. The van der Waals surface area contributed by atoms with Gasteiger partial charge in [0.1, 0.15) is 5.75 Å². The van der Waals surface area contributed by atoms with Gasteiger partial charge in [-0.05, 0) is 47.9 Å². The summed E-state index contributed by atoms with van der Waals surface area (Å²) < 4.78 is 10.9. The van der Waals surface area contributed by atoms with Gasteiger partial charge >= 0.3 is 0 Å². The summed E-state index contributed by atoms with van der Waals surface area (Å²) in [6.07, 6.45) is 0.546. The predicted molar refractivity (Wildman–Crippen MR) is 139 cm³/mol. The summed E-state index contributed by atoms with van der Waals surface area (Å²) in [4.78, 5) is 27.7. The molecule has 1 fully saturated rings. The summed E-state index contributed by atoms with van der Waals surface area (Å²) in [5, 5.41) is 15.1. The Hall–Kier alpha value is -3.72. The van der Waals surface area contributed by atoms with Crippen LogP contribution in [0.25, 0.3) is 11.1 Å². The van der Waals surface area contributed by atoms with Crippen molar-refractivity contribution >= 4 is 23.2 Å².